The van der Waals surface area contributed by atoms with E-state index in [2.05, 4.69) is 10.1 Å². The van der Waals surface area contributed by atoms with Gasteiger partial charge in [-0.05, 0) is 23.8 Å². The number of hydrogen-bond acceptors (Lipinski definition) is 2. The highest BCUT2D eigenvalue weighted by atomic mass is 19.4. The third-order valence-corrected chi connectivity index (χ3v) is 3.40. The van der Waals surface area contributed by atoms with Crippen molar-refractivity contribution in [3.63, 3.8) is 0 Å². The summed E-state index contributed by atoms with van der Waals surface area (Å²) in [5.41, 5.74) is 0.610. The van der Waals surface area contributed by atoms with Crippen LogP contribution in [-0.2, 0) is 12.6 Å². The van der Waals surface area contributed by atoms with Crippen molar-refractivity contribution >= 4 is 0 Å². The lowest BCUT2D eigenvalue weighted by Gasteiger charge is -2.11. The van der Waals surface area contributed by atoms with E-state index >= 15 is 0 Å². The minimum atomic E-state index is -4.39. The van der Waals surface area contributed by atoms with E-state index in [9.17, 15) is 17.6 Å². The van der Waals surface area contributed by atoms with Crippen LogP contribution < -0.4 is 0 Å². The molecule has 0 unspecified atom stereocenters. The van der Waals surface area contributed by atoms with Crippen molar-refractivity contribution in [1.82, 2.24) is 14.8 Å². The highest BCUT2D eigenvalue weighted by molar-refractivity contribution is 5.42. The van der Waals surface area contributed by atoms with Crippen LogP contribution in [0.2, 0.25) is 0 Å². The monoisotopic (exact) mass is 321 g/mol. The molecule has 0 spiro atoms. The molecule has 0 amide bonds. The molecule has 0 bridgehead atoms. The first-order valence-electron chi connectivity index (χ1n) is 6.73. The number of aromatic nitrogens is 3. The summed E-state index contributed by atoms with van der Waals surface area (Å²) >= 11 is 0. The molecule has 0 fully saturated rings. The smallest absolute Gasteiger partial charge is 0.259 e. The van der Waals surface area contributed by atoms with Gasteiger partial charge in [-0.1, -0.05) is 12.1 Å². The van der Waals surface area contributed by atoms with Crippen molar-refractivity contribution in [1.29, 1.82) is 0 Å². The highest BCUT2D eigenvalue weighted by Crippen LogP contribution is 2.29. The molecule has 23 heavy (non-hydrogen) atoms. The fourth-order valence-electron chi connectivity index (χ4n) is 2.25. The fourth-order valence-corrected chi connectivity index (χ4v) is 2.25. The van der Waals surface area contributed by atoms with Crippen molar-refractivity contribution in [3.05, 3.63) is 77.6 Å². The SMILES string of the molecule is Fc1cncc(-n2cccn2)c1Cc1ccc(C(F)(F)F)cc1. The lowest BCUT2D eigenvalue weighted by atomic mass is 10.0. The Labute approximate surface area is 129 Å². The van der Waals surface area contributed by atoms with E-state index in [0.29, 0.717) is 16.8 Å². The first-order valence-corrected chi connectivity index (χ1v) is 6.73. The first-order chi connectivity index (χ1) is 10.9. The second-order valence-electron chi connectivity index (χ2n) is 4.94. The van der Waals surface area contributed by atoms with E-state index in [1.807, 2.05) is 0 Å². The number of alkyl halides is 3. The van der Waals surface area contributed by atoms with Gasteiger partial charge in [-0.3, -0.25) is 4.98 Å². The summed E-state index contributed by atoms with van der Waals surface area (Å²) in [5, 5.41) is 4.04. The van der Waals surface area contributed by atoms with Gasteiger partial charge in [0.25, 0.3) is 0 Å². The van der Waals surface area contributed by atoms with Gasteiger partial charge in [-0.25, -0.2) is 9.07 Å². The van der Waals surface area contributed by atoms with E-state index in [0.717, 1.165) is 18.3 Å². The second-order valence-corrected chi connectivity index (χ2v) is 4.94. The van der Waals surface area contributed by atoms with Gasteiger partial charge in [0.2, 0.25) is 0 Å². The van der Waals surface area contributed by atoms with Gasteiger partial charge < -0.3 is 0 Å². The molecule has 3 nitrogen and oxygen atoms in total. The van der Waals surface area contributed by atoms with Crippen molar-refractivity contribution in [2.75, 3.05) is 0 Å². The van der Waals surface area contributed by atoms with E-state index in [1.54, 1.807) is 18.5 Å². The zero-order chi connectivity index (χ0) is 16.4. The van der Waals surface area contributed by atoms with Gasteiger partial charge in [-0.2, -0.15) is 18.3 Å². The minimum Gasteiger partial charge on any atom is -0.259 e. The Hall–Kier alpha value is -2.70. The molecule has 118 valence electrons. The molecule has 2 heterocycles. The zero-order valence-corrected chi connectivity index (χ0v) is 11.8. The molecule has 0 aliphatic carbocycles. The molecule has 3 rings (SSSR count). The average Bonchev–Trinajstić information content (AvgIpc) is 3.03. The maximum atomic E-state index is 14.1. The summed E-state index contributed by atoms with van der Waals surface area (Å²) in [4.78, 5) is 3.80. The van der Waals surface area contributed by atoms with Gasteiger partial charge in [0.05, 0.1) is 23.6 Å². The van der Waals surface area contributed by atoms with E-state index in [4.69, 9.17) is 0 Å². The summed E-state index contributed by atoms with van der Waals surface area (Å²) in [5.74, 6) is -0.530. The minimum absolute atomic E-state index is 0.141. The molecule has 0 N–H and O–H groups in total. The van der Waals surface area contributed by atoms with Crippen LogP contribution in [0.25, 0.3) is 5.69 Å². The number of hydrogen-bond donors (Lipinski definition) is 0. The zero-order valence-electron chi connectivity index (χ0n) is 11.8. The van der Waals surface area contributed by atoms with Gasteiger partial charge >= 0.3 is 6.18 Å². The summed E-state index contributed by atoms with van der Waals surface area (Å²) in [6.45, 7) is 0. The standard InChI is InChI=1S/C16H11F4N3/c17-14-9-21-10-15(23-7-1-6-22-23)13(14)8-11-2-4-12(5-3-11)16(18,19)20/h1-7,9-10H,8H2. The Morgan fingerprint density at radius 2 is 1.78 bits per heavy atom. The molecular weight excluding hydrogens is 310 g/mol. The Balaban J connectivity index is 1.94. The number of halogens is 4. The maximum absolute atomic E-state index is 14.1. The average molecular weight is 321 g/mol. The number of rotatable bonds is 3. The van der Waals surface area contributed by atoms with Crippen molar-refractivity contribution in [2.24, 2.45) is 0 Å². The maximum Gasteiger partial charge on any atom is 0.416 e. The number of benzene rings is 1. The predicted molar refractivity (Wildman–Crippen MR) is 75.6 cm³/mol. The van der Waals surface area contributed by atoms with Crippen LogP contribution in [-0.4, -0.2) is 14.8 Å². The van der Waals surface area contributed by atoms with Gasteiger partial charge in [0, 0.05) is 24.4 Å². The molecule has 3 aromatic rings. The van der Waals surface area contributed by atoms with Crippen molar-refractivity contribution in [3.8, 4) is 5.69 Å². The fraction of sp³-hybridized carbons (Fsp3) is 0.125. The van der Waals surface area contributed by atoms with E-state index in [-0.39, 0.29) is 6.42 Å². The van der Waals surface area contributed by atoms with Crippen molar-refractivity contribution in [2.45, 2.75) is 12.6 Å². The molecule has 0 aliphatic rings. The Bertz CT molecular complexity index is 793. The van der Waals surface area contributed by atoms with Crippen LogP contribution in [0, 0.1) is 5.82 Å². The van der Waals surface area contributed by atoms with Gasteiger partial charge in [-0.15, -0.1) is 0 Å². The first kappa shape index (κ1) is 15.2. The van der Waals surface area contributed by atoms with Gasteiger partial charge in [0.1, 0.15) is 5.82 Å². The molecule has 0 radical (unpaired) electrons. The van der Waals surface area contributed by atoms with Crippen LogP contribution in [0.1, 0.15) is 16.7 Å². The number of nitrogens with zero attached hydrogens (tertiary/aromatic N) is 3. The quantitative estimate of drug-likeness (QED) is 0.682. The normalized spacial score (nSPS) is 11.7. The topological polar surface area (TPSA) is 30.7 Å². The predicted octanol–water partition coefficient (Wildman–Crippen LogP) is 4.02. The molecule has 0 atom stereocenters. The highest BCUT2D eigenvalue weighted by Gasteiger charge is 2.30. The van der Waals surface area contributed by atoms with Crippen LogP contribution >= 0.6 is 0 Å². The van der Waals surface area contributed by atoms with Crippen LogP contribution in [0.4, 0.5) is 17.6 Å². The molecular formula is C16H11F4N3. The van der Waals surface area contributed by atoms with Gasteiger partial charge in [0.15, 0.2) is 0 Å². The van der Waals surface area contributed by atoms with Crippen LogP contribution in [0.15, 0.2) is 55.1 Å². The molecule has 7 heteroatoms. The summed E-state index contributed by atoms with van der Waals surface area (Å²) in [6.07, 6.45) is 1.49. The third-order valence-electron chi connectivity index (χ3n) is 3.40. The Morgan fingerprint density at radius 3 is 2.39 bits per heavy atom. The second kappa shape index (κ2) is 5.83. The summed E-state index contributed by atoms with van der Waals surface area (Å²) in [6, 6.07) is 6.35. The Kier molecular flexibility index (Phi) is 3.85. The lowest BCUT2D eigenvalue weighted by Crippen LogP contribution is -2.06. The molecule has 1 aromatic carbocycles. The molecule has 0 aliphatic heterocycles. The van der Waals surface area contributed by atoms with Crippen LogP contribution in [0.3, 0.4) is 0 Å². The summed E-state index contributed by atoms with van der Waals surface area (Å²) < 4.78 is 53.3. The van der Waals surface area contributed by atoms with E-state index in [1.165, 1.54) is 23.0 Å². The van der Waals surface area contributed by atoms with E-state index < -0.39 is 17.6 Å². The van der Waals surface area contributed by atoms with Crippen molar-refractivity contribution < 1.29 is 17.6 Å². The summed E-state index contributed by atoms with van der Waals surface area (Å²) in [7, 11) is 0. The van der Waals surface area contributed by atoms with Crippen LogP contribution in [0.5, 0.6) is 0 Å². The lowest BCUT2D eigenvalue weighted by molar-refractivity contribution is -0.137. The molecule has 0 saturated heterocycles. The number of pyridine rings is 1. The molecule has 0 saturated carbocycles. The largest absolute Gasteiger partial charge is 0.416 e. The third kappa shape index (κ3) is 3.23. The Morgan fingerprint density at radius 1 is 1.04 bits per heavy atom. The molecule has 2 aromatic heterocycles.